The molecule has 0 spiro atoms. The predicted molar refractivity (Wildman–Crippen MR) is 108 cm³/mol. The fourth-order valence-corrected chi connectivity index (χ4v) is 2.75. The van der Waals surface area contributed by atoms with Gasteiger partial charge in [-0.15, -0.1) is 20.4 Å². The van der Waals surface area contributed by atoms with Crippen molar-refractivity contribution in [3.05, 3.63) is 42.7 Å². The minimum Gasteiger partial charge on any atom is -0.358 e. The summed E-state index contributed by atoms with van der Waals surface area (Å²) in [7, 11) is 0. The van der Waals surface area contributed by atoms with Gasteiger partial charge in [0.1, 0.15) is 11.4 Å². The van der Waals surface area contributed by atoms with Crippen molar-refractivity contribution in [2.75, 3.05) is 11.9 Å². The lowest BCUT2D eigenvalue weighted by Crippen LogP contribution is -2.50. The van der Waals surface area contributed by atoms with E-state index >= 15 is 0 Å². The van der Waals surface area contributed by atoms with Gasteiger partial charge >= 0.3 is 0 Å². The largest absolute Gasteiger partial charge is 0.358 e. The molecule has 0 bridgehead atoms. The van der Waals surface area contributed by atoms with Crippen LogP contribution in [-0.2, 0) is 4.79 Å². The molecule has 3 aromatic rings. The van der Waals surface area contributed by atoms with E-state index < -0.39 is 0 Å². The maximum Gasteiger partial charge on any atom is 0.224 e. The molecule has 9 nitrogen and oxygen atoms in total. The Balaban J connectivity index is 1.50. The van der Waals surface area contributed by atoms with E-state index in [0.717, 1.165) is 32.2 Å². The molecule has 0 saturated heterocycles. The van der Waals surface area contributed by atoms with Gasteiger partial charge in [0.15, 0.2) is 0 Å². The lowest BCUT2D eigenvalue weighted by Gasteiger charge is -2.05. The molecule has 0 aliphatic carbocycles. The molecule has 3 heterocycles. The van der Waals surface area contributed by atoms with E-state index in [1.807, 2.05) is 12.1 Å². The van der Waals surface area contributed by atoms with E-state index in [9.17, 15) is 4.79 Å². The van der Waals surface area contributed by atoms with Crippen molar-refractivity contribution < 1.29 is 10.5 Å². The van der Waals surface area contributed by atoms with Crippen LogP contribution < -0.4 is 11.1 Å². The lowest BCUT2D eigenvalue weighted by molar-refractivity contribution is -0.368. The van der Waals surface area contributed by atoms with Crippen LogP contribution in [0.1, 0.15) is 38.5 Å². The summed E-state index contributed by atoms with van der Waals surface area (Å²) < 4.78 is 0. The molecule has 0 aliphatic rings. The van der Waals surface area contributed by atoms with Crippen LogP contribution in [0.25, 0.3) is 23.0 Å². The fraction of sp³-hybridized carbons (Fsp3) is 0.350. The summed E-state index contributed by atoms with van der Waals surface area (Å²) in [5, 5.41) is 19.1. The van der Waals surface area contributed by atoms with Gasteiger partial charge in [0.05, 0.1) is 18.4 Å². The van der Waals surface area contributed by atoms with Crippen LogP contribution in [0.2, 0.25) is 0 Å². The van der Waals surface area contributed by atoms with E-state index in [1.165, 1.54) is 6.42 Å². The molecule has 0 atom stereocenters. The first-order chi connectivity index (χ1) is 14.3. The molecule has 0 saturated carbocycles. The van der Waals surface area contributed by atoms with Gasteiger partial charge < -0.3 is 11.1 Å². The zero-order chi connectivity index (χ0) is 20.3. The highest BCUT2D eigenvalue weighted by molar-refractivity contribution is 5.90. The zero-order valence-electron chi connectivity index (χ0n) is 16.3. The number of nitrogens with one attached hydrogen (secondary N) is 1. The molecule has 0 radical (unpaired) electrons. The number of carbonyl (C=O) groups is 1. The summed E-state index contributed by atoms with van der Waals surface area (Å²) in [5.41, 5.74) is 5.61. The van der Waals surface area contributed by atoms with E-state index in [1.54, 1.807) is 30.6 Å². The molecule has 9 heteroatoms. The van der Waals surface area contributed by atoms with Crippen molar-refractivity contribution in [2.24, 2.45) is 0 Å². The number of nitrogens with zero attached hydrogens (tertiary/aromatic N) is 6. The summed E-state index contributed by atoms with van der Waals surface area (Å²) in [6.07, 6.45) is 9.20. The van der Waals surface area contributed by atoms with Gasteiger partial charge in [-0.25, -0.2) is 0 Å². The number of pyridine rings is 2. The van der Waals surface area contributed by atoms with Crippen LogP contribution in [0.3, 0.4) is 0 Å². The van der Waals surface area contributed by atoms with Crippen LogP contribution in [0.5, 0.6) is 0 Å². The van der Waals surface area contributed by atoms with E-state index in [0.29, 0.717) is 35.1 Å². The maximum absolute atomic E-state index is 12.0. The standard InChI is InChI=1S/C20H24N8O/c21-12-6-3-1-2-4-9-18(29)24-15-10-11-17(23-14-15)20-27-25-19(26-28-20)16-8-5-7-13-22-16/h5,7-8,10-11,13-14H,1-4,6,9,12,21H2,(H,24,29)/p+1. The Kier molecular flexibility index (Phi) is 7.64. The predicted octanol–water partition coefficient (Wildman–Crippen LogP) is 1.91. The number of rotatable bonds is 10. The van der Waals surface area contributed by atoms with Gasteiger partial charge in [0.25, 0.3) is 0 Å². The highest BCUT2D eigenvalue weighted by atomic mass is 16.1. The third-order valence-electron chi connectivity index (χ3n) is 4.30. The minimum absolute atomic E-state index is 0.00370. The summed E-state index contributed by atoms with van der Waals surface area (Å²) in [6.45, 7) is 0.981. The third-order valence-corrected chi connectivity index (χ3v) is 4.30. The summed E-state index contributed by atoms with van der Waals surface area (Å²) in [5.74, 6) is 0.658. The number of hydrogen-bond donors (Lipinski definition) is 2. The van der Waals surface area contributed by atoms with E-state index in [2.05, 4.69) is 41.4 Å². The summed E-state index contributed by atoms with van der Waals surface area (Å²) >= 11 is 0. The maximum atomic E-state index is 12.0. The molecule has 0 unspecified atom stereocenters. The lowest BCUT2D eigenvalue weighted by atomic mass is 10.1. The molecular formula is C20H25N8O+. The number of carbonyl (C=O) groups excluding carboxylic acids is 1. The van der Waals surface area contributed by atoms with Crippen LogP contribution in [0, 0.1) is 0 Å². The number of unbranched alkanes of at least 4 members (excludes halogenated alkanes) is 4. The van der Waals surface area contributed by atoms with Gasteiger partial charge in [-0.3, -0.25) is 14.8 Å². The first kappa shape index (κ1) is 20.4. The van der Waals surface area contributed by atoms with Crippen molar-refractivity contribution >= 4 is 11.6 Å². The monoisotopic (exact) mass is 393 g/mol. The highest BCUT2D eigenvalue weighted by Gasteiger charge is 2.09. The summed E-state index contributed by atoms with van der Waals surface area (Å²) in [6, 6.07) is 8.95. The average Bonchev–Trinajstić information content (AvgIpc) is 2.77. The zero-order valence-corrected chi connectivity index (χ0v) is 16.3. The number of anilines is 1. The van der Waals surface area contributed by atoms with Crippen molar-refractivity contribution in [2.45, 2.75) is 38.5 Å². The topological polar surface area (TPSA) is 134 Å². The second-order valence-corrected chi connectivity index (χ2v) is 6.61. The van der Waals surface area contributed by atoms with Gasteiger partial charge in [-0.05, 0) is 43.5 Å². The van der Waals surface area contributed by atoms with Crippen molar-refractivity contribution in [3.63, 3.8) is 0 Å². The Morgan fingerprint density at radius 2 is 1.52 bits per heavy atom. The second-order valence-electron chi connectivity index (χ2n) is 6.61. The first-order valence-corrected chi connectivity index (χ1v) is 9.80. The number of quaternary nitrogens is 1. The molecule has 3 aromatic heterocycles. The average molecular weight is 393 g/mol. The van der Waals surface area contributed by atoms with Crippen LogP contribution in [0.4, 0.5) is 5.69 Å². The Hall–Kier alpha value is -3.33. The Labute approximate surface area is 169 Å². The van der Waals surface area contributed by atoms with Crippen LogP contribution >= 0.6 is 0 Å². The molecule has 0 fully saturated rings. The molecule has 0 aliphatic heterocycles. The third kappa shape index (κ3) is 6.35. The quantitative estimate of drug-likeness (QED) is 0.502. The van der Waals surface area contributed by atoms with E-state index in [4.69, 9.17) is 0 Å². The number of hydrogen-bond acceptors (Lipinski definition) is 7. The first-order valence-electron chi connectivity index (χ1n) is 9.80. The van der Waals surface area contributed by atoms with Crippen LogP contribution in [0.15, 0.2) is 42.7 Å². The number of aromatic nitrogens is 6. The molecular weight excluding hydrogens is 368 g/mol. The van der Waals surface area contributed by atoms with Crippen molar-refractivity contribution in [1.29, 1.82) is 0 Å². The van der Waals surface area contributed by atoms with Crippen LogP contribution in [-0.4, -0.2) is 42.8 Å². The molecule has 3 rings (SSSR count). The molecule has 0 aromatic carbocycles. The normalized spacial score (nSPS) is 10.7. The second kappa shape index (κ2) is 10.9. The Bertz CT molecular complexity index is 885. The smallest absolute Gasteiger partial charge is 0.224 e. The number of amides is 1. The van der Waals surface area contributed by atoms with Gasteiger partial charge in [0, 0.05) is 12.6 Å². The Morgan fingerprint density at radius 3 is 2.14 bits per heavy atom. The SMILES string of the molecule is [NH3+]CCCCCCCC(=O)Nc1ccc(-c2nnc(-c3ccccn3)nn2)nc1. The molecule has 1 amide bonds. The van der Waals surface area contributed by atoms with E-state index in [-0.39, 0.29) is 5.91 Å². The van der Waals surface area contributed by atoms with Gasteiger partial charge in [-0.2, -0.15) is 0 Å². The highest BCUT2D eigenvalue weighted by Crippen LogP contribution is 2.15. The van der Waals surface area contributed by atoms with Crippen molar-refractivity contribution in [3.8, 4) is 23.0 Å². The minimum atomic E-state index is -0.00370. The van der Waals surface area contributed by atoms with Gasteiger partial charge in [-0.1, -0.05) is 18.9 Å². The fourth-order valence-electron chi connectivity index (χ4n) is 2.75. The Morgan fingerprint density at radius 1 is 0.828 bits per heavy atom. The molecule has 150 valence electrons. The summed E-state index contributed by atoms with van der Waals surface area (Å²) in [4.78, 5) is 20.5. The molecule has 4 N–H and O–H groups in total. The molecule has 29 heavy (non-hydrogen) atoms. The van der Waals surface area contributed by atoms with Crippen molar-refractivity contribution in [1.82, 2.24) is 30.4 Å². The van der Waals surface area contributed by atoms with Gasteiger partial charge in [0.2, 0.25) is 17.6 Å².